The van der Waals surface area contributed by atoms with Crippen LogP contribution in [0.15, 0.2) is 24.3 Å². The molecule has 1 aromatic rings. The van der Waals surface area contributed by atoms with Gasteiger partial charge < -0.3 is 10.6 Å². The molecule has 96 valence electrons. The average molecular weight is 249 g/mol. The molecule has 1 atom stereocenters. The van der Waals surface area contributed by atoms with E-state index in [0.29, 0.717) is 13.0 Å². The van der Waals surface area contributed by atoms with E-state index in [4.69, 9.17) is 5.26 Å². The molecule has 0 saturated carbocycles. The highest BCUT2D eigenvalue weighted by molar-refractivity contribution is 5.78. The highest BCUT2D eigenvalue weighted by Crippen LogP contribution is 2.12. The number of nitrogens with zero attached hydrogens (tertiary/aromatic N) is 1. The second-order valence-corrected chi connectivity index (χ2v) is 3.92. The largest absolute Gasteiger partial charge is 0.354 e. The van der Waals surface area contributed by atoms with Crippen LogP contribution in [-0.4, -0.2) is 19.0 Å². The number of benzene rings is 1. The fraction of sp³-hybridized carbons (Fsp3) is 0.385. The Hall–Kier alpha value is -1.93. The Morgan fingerprint density at radius 1 is 1.56 bits per heavy atom. The molecule has 1 amide bonds. The Kier molecular flexibility index (Phi) is 5.81. The van der Waals surface area contributed by atoms with Crippen LogP contribution in [-0.2, 0) is 4.79 Å². The third-order valence-corrected chi connectivity index (χ3v) is 2.48. The van der Waals surface area contributed by atoms with Gasteiger partial charge in [-0.1, -0.05) is 12.1 Å². The second-order valence-electron chi connectivity index (χ2n) is 3.92. The van der Waals surface area contributed by atoms with Crippen LogP contribution in [0.3, 0.4) is 0 Å². The van der Waals surface area contributed by atoms with Gasteiger partial charge in [0.2, 0.25) is 5.91 Å². The number of nitrogens with one attached hydrogen (secondary N) is 2. The molecule has 0 aliphatic rings. The first-order valence-electron chi connectivity index (χ1n) is 5.76. The van der Waals surface area contributed by atoms with Gasteiger partial charge in [-0.15, -0.1) is 0 Å². The summed E-state index contributed by atoms with van der Waals surface area (Å²) in [5, 5.41) is 13.9. The van der Waals surface area contributed by atoms with Crippen LogP contribution in [0.4, 0.5) is 4.39 Å². The molecule has 0 aliphatic carbocycles. The molecule has 5 heteroatoms. The second kappa shape index (κ2) is 7.41. The summed E-state index contributed by atoms with van der Waals surface area (Å²) < 4.78 is 13.0. The predicted octanol–water partition coefficient (Wildman–Crippen LogP) is 1.51. The molecule has 2 N–H and O–H groups in total. The zero-order valence-electron chi connectivity index (χ0n) is 10.2. The highest BCUT2D eigenvalue weighted by atomic mass is 19.1. The van der Waals surface area contributed by atoms with Crippen molar-refractivity contribution in [2.75, 3.05) is 13.1 Å². The number of amides is 1. The van der Waals surface area contributed by atoms with E-state index in [1.807, 2.05) is 13.0 Å². The van der Waals surface area contributed by atoms with Crippen molar-refractivity contribution >= 4 is 5.91 Å². The van der Waals surface area contributed by atoms with E-state index >= 15 is 0 Å². The Balaban J connectivity index is 2.35. The number of nitriles is 1. The van der Waals surface area contributed by atoms with Gasteiger partial charge in [0.15, 0.2) is 0 Å². The summed E-state index contributed by atoms with van der Waals surface area (Å²) in [6.45, 7) is 2.35. The Morgan fingerprint density at radius 2 is 2.33 bits per heavy atom. The van der Waals surface area contributed by atoms with Gasteiger partial charge in [0.05, 0.1) is 19.0 Å². The number of hydrogen-bond donors (Lipinski definition) is 2. The summed E-state index contributed by atoms with van der Waals surface area (Å²) in [6, 6.07) is 8.08. The predicted molar refractivity (Wildman–Crippen MR) is 66.1 cm³/mol. The maximum atomic E-state index is 13.0. The van der Waals surface area contributed by atoms with Crippen molar-refractivity contribution in [2.45, 2.75) is 19.4 Å². The van der Waals surface area contributed by atoms with E-state index in [1.165, 1.54) is 12.1 Å². The summed E-state index contributed by atoms with van der Waals surface area (Å²) in [5.74, 6) is -0.465. The minimum Gasteiger partial charge on any atom is -0.354 e. The molecule has 0 fully saturated rings. The van der Waals surface area contributed by atoms with E-state index in [2.05, 4.69) is 10.6 Å². The van der Waals surface area contributed by atoms with Gasteiger partial charge in [-0.05, 0) is 24.6 Å². The average Bonchev–Trinajstić information content (AvgIpc) is 2.36. The van der Waals surface area contributed by atoms with Gasteiger partial charge in [-0.3, -0.25) is 4.79 Å². The van der Waals surface area contributed by atoms with Crippen molar-refractivity contribution in [3.8, 4) is 6.07 Å². The van der Waals surface area contributed by atoms with E-state index in [0.717, 1.165) is 5.56 Å². The number of carbonyl (C=O) groups excluding carboxylic acids is 1. The smallest absolute Gasteiger partial charge is 0.234 e. The third-order valence-electron chi connectivity index (χ3n) is 2.48. The highest BCUT2D eigenvalue weighted by Gasteiger charge is 2.07. The Morgan fingerprint density at radius 3 is 3.00 bits per heavy atom. The number of hydrogen-bond acceptors (Lipinski definition) is 3. The maximum absolute atomic E-state index is 13.0. The van der Waals surface area contributed by atoms with Crippen molar-refractivity contribution in [1.29, 1.82) is 5.26 Å². The topological polar surface area (TPSA) is 64.9 Å². The number of rotatable bonds is 6. The first-order chi connectivity index (χ1) is 8.63. The van der Waals surface area contributed by atoms with Gasteiger partial charge in [0, 0.05) is 12.6 Å². The van der Waals surface area contributed by atoms with Gasteiger partial charge in [-0.25, -0.2) is 4.39 Å². The third kappa shape index (κ3) is 4.93. The molecule has 0 bridgehead atoms. The van der Waals surface area contributed by atoms with Crippen molar-refractivity contribution in [3.05, 3.63) is 35.6 Å². The summed E-state index contributed by atoms with van der Waals surface area (Å²) in [6.07, 6.45) is 0.297. The zero-order valence-corrected chi connectivity index (χ0v) is 10.2. The monoisotopic (exact) mass is 249 g/mol. The standard InChI is InChI=1S/C13H16FN3O/c1-10(11-4-2-5-12(14)8-11)17-9-13(18)16-7-3-6-15/h2,4-5,8,10,17H,3,7,9H2,1H3,(H,16,18)/t10-/m1/s1. The van der Waals surface area contributed by atoms with Gasteiger partial charge in [-0.2, -0.15) is 5.26 Å². The van der Waals surface area contributed by atoms with Crippen LogP contribution in [0.25, 0.3) is 0 Å². The summed E-state index contributed by atoms with van der Waals surface area (Å²) >= 11 is 0. The van der Waals surface area contributed by atoms with Crippen molar-refractivity contribution in [1.82, 2.24) is 10.6 Å². The molecular weight excluding hydrogens is 233 g/mol. The minimum absolute atomic E-state index is 0.109. The SMILES string of the molecule is C[C@@H](NCC(=O)NCCC#N)c1cccc(F)c1. The van der Waals surface area contributed by atoms with E-state index in [9.17, 15) is 9.18 Å². The van der Waals surface area contributed by atoms with Crippen LogP contribution in [0.2, 0.25) is 0 Å². The normalized spacial score (nSPS) is 11.6. The minimum atomic E-state index is -0.292. The molecule has 0 spiro atoms. The molecule has 0 radical (unpaired) electrons. The quantitative estimate of drug-likeness (QED) is 0.751. The molecule has 1 rings (SSSR count). The lowest BCUT2D eigenvalue weighted by Gasteiger charge is -2.14. The van der Waals surface area contributed by atoms with Crippen LogP contribution in [0, 0.1) is 17.1 Å². The molecule has 0 aliphatic heterocycles. The van der Waals surface area contributed by atoms with Crippen molar-refractivity contribution < 1.29 is 9.18 Å². The van der Waals surface area contributed by atoms with E-state index in [-0.39, 0.29) is 24.3 Å². The van der Waals surface area contributed by atoms with Crippen LogP contribution in [0.1, 0.15) is 24.9 Å². The lowest BCUT2D eigenvalue weighted by molar-refractivity contribution is -0.120. The van der Waals surface area contributed by atoms with Gasteiger partial charge in [0.1, 0.15) is 5.82 Å². The lowest BCUT2D eigenvalue weighted by Crippen LogP contribution is -2.35. The van der Waals surface area contributed by atoms with E-state index in [1.54, 1.807) is 12.1 Å². The summed E-state index contributed by atoms with van der Waals surface area (Å²) in [7, 11) is 0. The van der Waals surface area contributed by atoms with Gasteiger partial charge >= 0.3 is 0 Å². The molecule has 0 aromatic heterocycles. The van der Waals surface area contributed by atoms with Crippen LogP contribution in [0.5, 0.6) is 0 Å². The fourth-order valence-corrected chi connectivity index (χ4v) is 1.46. The van der Waals surface area contributed by atoms with Crippen LogP contribution < -0.4 is 10.6 Å². The van der Waals surface area contributed by atoms with E-state index < -0.39 is 0 Å². The van der Waals surface area contributed by atoms with Gasteiger partial charge in [0.25, 0.3) is 0 Å². The molecule has 0 heterocycles. The number of carbonyl (C=O) groups is 1. The molecule has 1 aromatic carbocycles. The zero-order chi connectivity index (χ0) is 13.4. The molecule has 0 saturated heterocycles. The maximum Gasteiger partial charge on any atom is 0.234 e. The summed E-state index contributed by atoms with van der Waals surface area (Å²) in [4.78, 5) is 11.4. The molecule has 18 heavy (non-hydrogen) atoms. The fourth-order valence-electron chi connectivity index (χ4n) is 1.46. The lowest BCUT2D eigenvalue weighted by atomic mass is 10.1. The first-order valence-corrected chi connectivity index (χ1v) is 5.76. The molecule has 0 unspecified atom stereocenters. The first kappa shape index (κ1) is 14.1. The Labute approximate surface area is 106 Å². The molecule has 4 nitrogen and oxygen atoms in total. The van der Waals surface area contributed by atoms with Crippen molar-refractivity contribution in [2.24, 2.45) is 0 Å². The van der Waals surface area contributed by atoms with Crippen LogP contribution >= 0.6 is 0 Å². The summed E-state index contributed by atoms with van der Waals surface area (Å²) in [5.41, 5.74) is 0.792. The molecular formula is C13H16FN3O. The Bertz CT molecular complexity index is 442. The number of halogens is 1. The van der Waals surface area contributed by atoms with Crippen molar-refractivity contribution in [3.63, 3.8) is 0 Å².